The molecule has 2 aromatic heterocycles. The van der Waals surface area contributed by atoms with Crippen molar-refractivity contribution in [2.24, 2.45) is 5.10 Å². The molecule has 8 heteroatoms. The molecule has 0 saturated heterocycles. The van der Waals surface area contributed by atoms with Crippen molar-refractivity contribution < 1.29 is 0 Å². The van der Waals surface area contributed by atoms with Gasteiger partial charge in [0.15, 0.2) is 0 Å². The van der Waals surface area contributed by atoms with Gasteiger partial charge in [-0.2, -0.15) is 14.9 Å². The lowest BCUT2D eigenvalue weighted by Crippen LogP contribution is -2.18. The summed E-state index contributed by atoms with van der Waals surface area (Å²) in [6.45, 7) is 0. The predicted molar refractivity (Wildman–Crippen MR) is 130 cm³/mol. The zero-order chi connectivity index (χ0) is 22.1. The Kier molecular flexibility index (Phi) is 5.26. The molecule has 0 unspecified atom stereocenters. The summed E-state index contributed by atoms with van der Waals surface area (Å²) in [4.78, 5) is 16.0. The highest BCUT2D eigenvalue weighted by atomic mass is 35.5. The Morgan fingerprint density at radius 1 is 0.969 bits per heavy atom. The first kappa shape index (κ1) is 20.1. The monoisotopic (exact) mass is 457 g/mol. The lowest BCUT2D eigenvalue weighted by molar-refractivity contribution is 0.800. The normalized spacial score (nSPS) is 11.4. The molecule has 156 valence electrons. The smallest absolute Gasteiger partial charge is 0.282 e. The van der Waals surface area contributed by atoms with Gasteiger partial charge in [0.1, 0.15) is 5.69 Å². The third kappa shape index (κ3) is 3.79. The minimum absolute atomic E-state index is 0.219. The average molecular weight is 458 g/mol. The summed E-state index contributed by atoms with van der Waals surface area (Å²) < 4.78 is 3.16. The standard InChI is InChI=1S/C24H16ClN5OS/c25-18-10-12-19(13-11-18)29-15-17(22(28-29)16-6-2-1-3-7-16)14-26-30-23(31)20-8-4-5-9-21(20)27-24(30)32/h1-15H,(H,27,32). The zero-order valence-electron chi connectivity index (χ0n) is 16.6. The molecule has 32 heavy (non-hydrogen) atoms. The predicted octanol–water partition coefficient (Wildman–Crippen LogP) is 5.45. The van der Waals surface area contributed by atoms with E-state index in [4.69, 9.17) is 28.9 Å². The third-order valence-electron chi connectivity index (χ3n) is 4.98. The van der Waals surface area contributed by atoms with Gasteiger partial charge in [-0.1, -0.05) is 54.1 Å². The molecule has 6 nitrogen and oxygen atoms in total. The maximum atomic E-state index is 12.9. The van der Waals surface area contributed by atoms with Gasteiger partial charge < -0.3 is 4.98 Å². The van der Waals surface area contributed by atoms with Gasteiger partial charge in [0.05, 0.1) is 22.8 Å². The maximum absolute atomic E-state index is 12.9. The quantitative estimate of drug-likeness (QED) is 0.288. The Morgan fingerprint density at radius 2 is 1.69 bits per heavy atom. The van der Waals surface area contributed by atoms with E-state index >= 15 is 0 Å². The first-order chi connectivity index (χ1) is 15.6. The fraction of sp³-hybridized carbons (Fsp3) is 0. The van der Waals surface area contributed by atoms with E-state index in [1.165, 1.54) is 4.68 Å². The number of aromatic nitrogens is 4. The number of fused-ring (bicyclic) bond motifs is 1. The minimum Gasteiger partial charge on any atom is -0.330 e. The summed E-state index contributed by atoms with van der Waals surface area (Å²) in [5.74, 6) is 0. The Bertz CT molecular complexity index is 1570. The summed E-state index contributed by atoms with van der Waals surface area (Å²) >= 11 is 11.4. The third-order valence-corrected chi connectivity index (χ3v) is 5.50. The molecule has 0 fully saturated rings. The van der Waals surface area contributed by atoms with Crippen LogP contribution in [0.25, 0.3) is 27.8 Å². The number of benzene rings is 3. The largest absolute Gasteiger partial charge is 0.330 e. The molecule has 0 aliphatic rings. The van der Waals surface area contributed by atoms with Gasteiger partial charge in [-0.15, -0.1) is 0 Å². The lowest BCUT2D eigenvalue weighted by Gasteiger charge is -2.02. The van der Waals surface area contributed by atoms with Gasteiger partial charge in [0.25, 0.3) is 5.56 Å². The van der Waals surface area contributed by atoms with Crippen LogP contribution in [0.2, 0.25) is 5.02 Å². The fourth-order valence-electron chi connectivity index (χ4n) is 3.41. The number of hydrogen-bond acceptors (Lipinski definition) is 4. The van der Waals surface area contributed by atoms with Crippen molar-refractivity contribution in [1.82, 2.24) is 19.4 Å². The Balaban J connectivity index is 1.64. The molecule has 0 aliphatic carbocycles. The van der Waals surface area contributed by atoms with Crippen LogP contribution in [0.15, 0.2) is 95.0 Å². The van der Waals surface area contributed by atoms with Crippen molar-refractivity contribution in [3.63, 3.8) is 0 Å². The van der Waals surface area contributed by atoms with Crippen LogP contribution in [0, 0.1) is 4.77 Å². The van der Waals surface area contributed by atoms with Crippen molar-refractivity contribution in [3.8, 4) is 16.9 Å². The number of aromatic amines is 1. The van der Waals surface area contributed by atoms with Crippen molar-refractivity contribution in [1.29, 1.82) is 0 Å². The van der Waals surface area contributed by atoms with E-state index in [1.807, 2.05) is 72.9 Å². The Morgan fingerprint density at radius 3 is 2.47 bits per heavy atom. The second-order valence-corrected chi connectivity index (χ2v) is 7.88. The Labute approximate surface area is 193 Å². The second-order valence-electron chi connectivity index (χ2n) is 7.06. The molecule has 0 amide bonds. The van der Waals surface area contributed by atoms with E-state index in [0.717, 1.165) is 22.5 Å². The van der Waals surface area contributed by atoms with Gasteiger partial charge in [0, 0.05) is 22.3 Å². The van der Waals surface area contributed by atoms with Crippen LogP contribution in [0.1, 0.15) is 5.56 Å². The van der Waals surface area contributed by atoms with E-state index in [2.05, 4.69) is 10.1 Å². The van der Waals surface area contributed by atoms with E-state index < -0.39 is 0 Å². The van der Waals surface area contributed by atoms with Crippen LogP contribution >= 0.6 is 23.8 Å². The second kappa shape index (κ2) is 8.37. The number of H-pyrrole nitrogens is 1. The number of halogens is 1. The van der Waals surface area contributed by atoms with E-state index in [0.29, 0.717) is 15.9 Å². The van der Waals surface area contributed by atoms with Crippen LogP contribution in [-0.4, -0.2) is 25.7 Å². The highest BCUT2D eigenvalue weighted by Gasteiger charge is 2.12. The van der Waals surface area contributed by atoms with E-state index in [9.17, 15) is 4.79 Å². The molecule has 2 heterocycles. The van der Waals surface area contributed by atoms with E-state index in [-0.39, 0.29) is 10.3 Å². The van der Waals surface area contributed by atoms with Crippen molar-refractivity contribution in [3.05, 3.63) is 111 Å². The van der Waals surface area contributed by atoms with Crippen LogP contribution in [0.4, 0.5) is 0 Å². The molecular formula is C24H16ClN5OS. The van der Waals surface area contributed by atoms with Crippen LogP contribution in [0.5, 0.6) is 0 Å². The number of nitrogens with zero attached hydrogens (tertiary/aromatic N) is 4. The summed E-state index contributed by atoms with van der Waals surface area (Å²) in [6.07, 6.45) is 3.45. The molecule has 0 spiro atoms. The van der Waals surface area contributed by atoms with Gasteiger partial charge in [-0.3, -0.25) is 4.79 Å². The Hall–Kier alpha value is -3.81. The molecule has 0 saturated carbocycles. The summed E-state index contributed by atoms with van der Waals surface area (Å²) in [7, 11) is 0. The van der Waals surface area contributed by atoms with Crippen molar-refractivity contribution in [2.75, 3.05) is 0 Å². The highest BCUT2D eigenvalue weighted by Crippen LogP contribution is 2.23. The van der Waals surface area contributed by atoms with Crippen LogP contribution < -0.4 is 5.56 Å². The number of para-hydroxylation sites is 1. The van der Waals surface area contributed by atoms with Gasteiger partial charge in [0.2, 0.25) is 4.77 Å². The number of rotatable bonds is 4. The molecule has 0 atom stereocenters. The van der Waals surface area contributed by atoms with Crippen molar-refractivity contribution in [2.45, 2.75) is 0 Å². The first-order valence-corrected chi connectivity index (χ1v) is 10.6. The molecule has 1 N–H and O–H groups in total. The molecule has 5 aromatic rings. The summed E-state index contributed by atoms with van der Waals surface area (Å²) in [5.41, 5.74) is 3.64. The zero-order valence-corrected chi connectivity index (χ0v) is 18.2. The molecular weight excluding hydrogens is 442 g/mol. The lowest BCUT2D eigenvalue weighted by atomic mass is 10.1. The molecule has 3 aromatic carbocycles. The number of nitrogens with one attached hydrogen (secondary N) is 1. The number of hydrogen-bond donors (Lipinski definition) is 1. The van der Waals surface area contributed by atoms with Gasteiger partial charge in [-0.25, -0.2) is 4.68 Å². The van der Waals surface area contributed by atoms with Gasteiger partial charge >= 0.3 is 0 Å². The van der Waals surface area contributed by atoms with Crippen LogP contribution in [0.3, 0.4) is 0 Å². The average Bonchev–Trinajstić information content (AvgIpc) is 3.24. The summed E-state index contributed by atoms with van der Waals surface area (Å²) in [5, 5.41) is 10.3. The highest BCUT2D eigenvalue weighted by molar-refractivity contribution is 7.71. The first-order valence-electron chi connectivity index (χ1n) is 9.79. The van der Waals surface area contributed by atoms with Gasteiger partial charge in [-0.05, 0) is 48.6 Å². The van der Waals surface area contributed by atoms with E-state index in [1.54, 1.807) is 23.0 Å². The summed E-state index contributed by atoms with van der Waals surface area (Å²) in [6, 6.07) is 24.4. The topological polar surface area (TPSA) is 68.0 Å². The molecule has 0 bridgehead atoms. The van der Waals surface area contributed by atoms with Crippen molar-refractivity contribution >= 4 is 40.9 Å². The molecule has 0 radical (unpaired) electrons. The SMILES string of the molecule is O=c1c2ccccc2[nH]c(=S)n1N=Cc1cn(-c2ccc(Cl)cc2)nc1-c1ccccc1. The fourth-order valence-corrected chi connectivity index (χ4v) is 3.77. The molecule has 5 rings (SSSR count). The minimum atomic E-state index is -0.285. The molecule has 0 aliphatic heterocycles. The maximum Gasteiger partial charge on any atom is 0.282 e. The van der Waals surface area contributed by atoms with Crippen LogP contribution in [-0.2, 0) is 0 Å².